The van der Waals surface area contributed by atoms with Gasteiger partial charge in [-0.2, -0.15) is 0 Å². The van der Waals surface area contributed by atoms with Crippen LogP contribution in [0.15, 0.2) is 0 Å². The quantitative estimate of drug-likeness (QED) is 0.465. The van der Waals surface area contributed by atoms with E-state index in [1.165, 1.54) is 0 Å². The van der Waals surface area contributed by atoms with Gasteiger partial charge in [0.1, 0.15) is 0 Å². The summed E-state index contributed by atoms with van der Waals surface area (Å²) in [5.74, 6) is 0. The highest BCUT2D eigenvalue weighted by Gasteiger charge is 2.25. The fourth-order valence-corrected chi connectivity index (χ4v) is 0.991. The number of aliphatic hydroxyl groups is 1. The number of hydrogen-bond donors (Lipinski definition) is 2. The molecule has 3 unspecified atom stereocenters. The Labute approximate surface area is 54.8 Å². The summed E-state index contributed by atoms with van der Waals surface area (Å²) in [5.41, 5.74) is 5.55. The molecule has 0 aromatic rings. The minimum Gasteiger partial charge on any atom is -0.391 e. The molecule has 1 aliphatic rings. The van der Waals surface area contributed by atoms with E-state index in [-0.39, 0.29) is 18.2 Å². The first-order chi connectivity index (χ1) is 4.22. The third-order valence-corrected chi connectivity index (χ3v) is 1.78. The molecule has 0 aliphatic carbocycles. The van der Waals surface area contributed by atoms with Crippen molar-refractivity contribution in [3.8, 4) is 0 Å². The second kappa shape index (κ2) is 2.64. The van der Waals surface area contributed by atoms with Gasteiger partial charge in [-0.15, -0.1) is 0 Å². The molecular weight excluding hydrogens is 118 g/mol. The van der Waals surface area contributed by atoms with Gasteiger partial charge in [0.2, 0.25) is 0 Å². The lowest BCUT2D eigenvalue weighted by Crippen LogP contribution is -2.48. The molecule has 0 radical (unpaired) electrons. The molecule has 0 aromatic heterocycles. The Morgan fingerprint density at radius 1 is 1.67 bits per heavy atom. The zero-order valence-corrected chi connectivity index (χ0v) is 5.58. The maximum absolute atomic E-state index is 9.14. The Hall–Kier alpha value is -0.120. The highest BCUT2D eigenvalue weighted by atomic mass is 16.5. The molecule has 0 spiro atoms. The summed E-state index contributed by atoms with van der Waals surface area (Å²) in [6.07, 6.45) is 0.313. The van der Waals surface area contributed by atoms with Gasteiger partial charge in [-0.3, -0.25) is 0 Å². The largest absolute Gasteiger partial charge is 0.391 e. The van der Waals surface area contributed by atoms with Crippen LogP contribution in [0.1, 0.15) is 13.3 Å². The van der Waals surface area contributed by atoms with Crippen LogP contribution in [0.4, 0.5) is 0 Å². The van der Waals surface area contributed by atoms with Crippen molar-refractivity contribution in [3.05, 3.63) is 0 Å². The van der Waals surface area contributed by atoms with E-state index in [1.807, 2.05) is 6.92 Å². The van der Waals surface area contributed by atoms with Gasteiger partial charge in [0, 0.05) is 6.61 Å². The van der Waals surface area contributed by atoms with Gasteiger partial charge in [-0.05, 0) is 13.3 Å². The number of ether oxygens (including phenoxy) is 1. The molecule has 0 aromatic carbocycles. The monoisotopic (exact) mass is 131 g/mol. The molecule has 0 bridgehead atoms. The molecule has 3 atom stereocenters. The molecule has 3 N–H and O–H groups in total. The van der Waals surface area contributed by atoms with Gasteiger partial charge in [-0.1, -0.05) is 0 Å². The van der Waals surface area contributed by atoms with Gasteiger partial charge in [0.15, 0.2) is 0 Å². The van der Waals surface area contributed by atoms with Crippen molar-refractivity contribution in [1.82, 2.24) is 0 Å². The van der Waals surface area contributed by atoms with Gasteiger partial charge < -0.3 is 15.6 Å². The van der Waals surface area contributed by atoms with Crippen molar-refractivity contribution >= 4 is 0 Å². The van der Waals surface area contributed by atoms with Gasteiger partial charge in [0.05, 0.1) is 18.2 Å². The lowest BCUT2D eigenvalue weighted by Gasteiger charge is -2.30. The van der Waals surface area contributed by atoms with Crippen LogP contribution in [-0.4, -0.2) is 30.0 Å². The molecule has 1 rings (SSSR count). The molecular formula is C6H13NO2. The van der Waals surface area contributed by atoms with Crippen LogP contribution in [0.2, 0.25) is 0 Å². The maximum Gasteiger partial charge on any atom is 0.0738 e. The van der Waals surface area contributed by atoms with E-state index < -0.39 is 0 Å². The topological polar surface area (TPSA) is 55.5 Å². The molecule has 9 heavy (non-hydrogen) atoms. The highest BCUT2D eigenvalue weighted by Crippen LogP contribution is 2.11. The van der Waals surface area contributed by atoms with Crippen molar-refractivity contribution < 1.29 is 9.84 Å². The fourth-order valence-electron chi connectivity index (χ4n) is 0.991. The fraction of sp³-hybridized carbons (Fsp3) is 1.00. The standard InChI is InChI=1S/C6H13NO2/c1-4-6(7)5(8)2-3-9-4/h4-6,8H,2-3,7H2,1H3. The lowest BCUT2D eigenvalue weighted by atomic mass is 10.0. The van der Waals surface area contributed by atoms with Crippen LogP contribution >= 0.6 is 0 Å². The van der Waals surface area contributed by atoms with Crippen molar-refractivity contribution in [2.24, 2.45) is 5.73 Å². The summed E-state index contributed by atoms with van der Waals surface area (Å²) in [6, 6.07) is -0.196. The zero-order chi connectivity index (χ0) is 6.85. The van der Waals surface area contributed by atoms with Crippen molar-refractivity contribution in [2.75, 3.05) is 6.61 Å². The number of aliphatic hydroxyl groups excluding tert-OH is 1. The first-order valence-electron chi connectivity index (χ1n) is 3.27. The smallest absolute Gasteiger partial charge is 0.0738 e. The molecule has 1 aliphatic heterocycles. The Morgan fingerprint density at radius 3 is 2.78 bits per heavy atom. The molecule has 54 valence electrons. The summed E-state index contributed by atoms with van der Waals surface area (Å²) < 4.78 is 5.18. The first kappa shape index (κ1) is 6.99. The third-order valence-electron chi connectivity index (χ3n) is 1.78. The second-order valence-corrected chi connectivity index (χ2v) is 2.51. The average Bonchev–Trinajstić information content (AvgIpc) is 1.83. The zero-order valence-electron chi connectivity index (χ0n) is 5.58. The van der Waals surface area contributed by atoms with Crippen molar-refractivity contribution in [1.29, 1.82) is 0 Å². The van der Waals surface area contributed by atoms with E-state index in [0.29, 0.717) is 13.0 Å². The maximum atomic E-state index is 9.14. The predicted octanol–water partition coefficient (Wildman–Crippen LogP) is -0.517. The number of nitrogens with two attached hydrogens (primary N) is 1. The van der Waals surface area contributed by atoms with E-state index in [2.05, 4.69) is 0 Å². The Morgan fingerprint density at radius 2 is 2.33 bits per heavy atom. The molecule has 3 nitrogen and oxygen atoms in total. The predicted molar refractivity (Wildman–Crippen MR) is 34.0 cm³/mol. The summed E-state index contributed by atoms with van der Waals surface area (Å²) in [7, 11) is 0. The number of hydrogen-bond acceptors (Lipinski definition) is 3. The molecule has 0 amide bonds. The minimum atomic E-state index is -0.367. The van der Waals surface area contributed by atoms with Crippen molar-refractivity contribution in [3.63, 3.8) is 0 Å². The van der Waals surface area contributed by atoms with Crippen LogP contribution in [0.5, 0.6) is 0 Å². The first-order valence-corrected chi connectivity index (χ1v) is 3.27. The van der Waals surface area contributed by atoms with E-state index in [0.717, 1.165) is 0 Å². The Bertz CT molecular complexity index is 87.1. The molecule has 1 fully saturated rings. The van der Waals surface area contributed by atoms with Crippen LogP contribution in [-0.2, 0) is 4.74 Å². The third kappa shape index (κ3) is 1.41. The van der Waals surface area contributed by atoms with Gasteiger partial charge in [-0.25, -0.2) is 0 Å². The Balaban J connectivity index is 2.41. The highest BCUT2D eigenvalue weighted by molar-refractivity contribution is 4.81. The van der Waals surface area contributed by atoms with E-state index in [4.69, 9.17) is 15.6 Å². The normalized spacial score (nSPS) is 45.0. The summed E-state index contributed by atoms with van der Waals surface area (Å²) >= 11 is 0. The van der Waals surface area contributed by atoms with Crippen LogP contribution in [0, 0.1) is 0 Å². The van der Waals surface area contributed by atoms with E-state index in [1.54, 1.807) is 0 Å². The SMILES string of the molecule is CC1OCCC(O)C1N. The van der Waals surface area contributed by atoms with Gasteiger partial charge >= 0.3 is 0 Å². The summed E-state index contributed by atoms with van der Waals surface area (Å²) in [5, 5.41) is 9.14. The van der Waals surface area contributed by atoms with Crippen LogP contribution in [0.25, 0.3) is 0 Å². The molecule has 1 saturated heterocycles. The average molecular weight is 131 g/mol. The van der Waals surface area contributed by atoms with Crippen LogP contribution < -0.4 is 5.73 Å². The van der Waals surface area contributed by atoms with Gasteiger partial charge in [0.25, 0.3) is 0 Å². The van der Waals surface area contributed by atoms with Crippen molar-refractivity contribution in [2.45, 2.75) is 31.6 Å². The molecule has 3 heteroatoms. The molecule has 1 heterocycles. The Kier molecular flexibility index (Phi) is 2.05. The summed E-state index contributed by atoms with van der Waals surface area (Å²) in [6.45, 7) is 2.52. The number of rotatable bonds is 0. The van der Waals surface area contributed by atoms with E-state index >= 15 is 0 Å². The lowest BCUT2D eigenvalue weighted by molar-refractivity contribution is -0.0508. The van der Waals surface area contributed by atoms with Crippen LogP contribution in [0.3, 0.4) is 0 Å². The second-order valence-electron chi connectivity index (χ2n) is 2.51. The van der Waals surface area contributed by atoms with E-state index in [9.17, 15) is 0 Å². The summed E-state index contributed by atoms with van der Waals surface area (Å²) in [4.78, 5) is 0. The minimum absolute atomic E-state index is 0.00810. The molecule has 0 saturated carbocycles.